The maximum atomic E-state index is 4.48. The van der Waals surface area contributed by atoms with Crippen molar-refractivity contribution in [2.24, 2.45) is 0 Å². The van der Waals surface area contributed by atoms with E-state index < -0.39 is 0 Å². The van der Waals surface area contributed by atoms with E-state index in [1.807, 2.05) is 37.6 Å². The fourth-order valence-electron chi connectivity index (χ4n) is 1.30. The highest BCUT2D eigenvalue weighted by atomic mass is 127. The van der Waals surface area contributed by atoms with Crippen molar-refractivity contribution in [3.8, 4) is 5.82 Å². The van der Waals surface area contributed by atoms with E-state index in [0.717, 1.165) is 21.6 Å². The lowest BCUT2D eigenvalue weighted by Gasteiger charge is -2.03. The van der Waals surface area contributed by atoms with Gasteiger partial charge in [0, 0.05) is 12.7 Å². The van der Waals surface area contributed by atoms with E-state index >= 15 is 0 Å². The molecule has 2 heterocycles. The van der Waals surface area contributed by atoms with E-state index in [9.17, 15) is 0 Å². The molecule has 0 saturated heterocycles. The molecule has 0 bridgehead atoms. The number of aromatic nitrogens is 3. The smallest absolute Gasteiger partial charge is 0.153 e. The van der Waals surface area contributed by atoms with Gasteiger partial charge in [-0.05, 0) is 41.8 Å². The molecule has 0 amide bonds. The number of halogens is 1. The van der Waals surface area contributed by atoms with Crippen LogP contribution in [0.3, 0.4) is 0 Å². The quantitative estimate of drug-likeness (QED) is 0.875. The van der Waals surface area contributed by atoms with Crippen LogP contribution in [0.25, 0.3) is 5.82 Å². The van der Waals surface area contributed by atoms with Gasteiger partial charge in [-0.3, -0.25) is 0 Å². The van der Waals surface area contributed by atoms with Crippen molar-refractivity contribution in [1.29, 1.82) is 0 Å². The van der Waals surface area contributed by atoms with Gasteiger partial charge in [0.2, 0.25) is 0 Å². The third-order valence-electron chi connectivity index (χ3n) is 1.94. The predicted molar refractivity (Wildman–Crippen MR) is 66.8 cm³/mol. The molecule has 0 radical (unpaired) electrons. The normalized spacial score (nSPS) is 10.5. The molecule has 0 fully saturated rings. The molecule has 0 spiro atoms. The molecule has 15 heavy (non-hydrogen) atoms. The summed E-state index contributed by atoms with van der Waals surface area (Å²) >= 11 is 2.23. The first kappa shape index (κ1) is 10.6. The van der Waals surface area contributed by atoms with Gasteiger partial charge < -0.3 is 5.32 Å². The molecule has 0 saturated carbocycles. The average molecular weight is 314 g/mol. The van der Waals surface area contributed by atoms with Crippen molar-refractivity contribution < 1.29 is 0 Å². The van der Waals surface area contributed by atoms with E-state index in [2.05, 4.69) is 38.0 Å². The minimum atomic E-state index is 0.770. The van der Waals surface area contributed by atoms with E-state index in [4.69, 9.17) is 0 Å². The molecule has 1 N–H and O–H groups in total. The standard InChI is InChI=1S/C10H11IN4/c1-12-6-9-3-2-4-10(14-9)15-7-8(11)5-13-15/h2-5,7,12H,6H2,1H3. The highest BCUT2D eigenvalue weighted by Gasteiger charge is 2.01. The molecule has 0 aliphatic heterocycles. The molecule has 0 unspecified atom stereocenters. The Kier molecular flexibility index (Phi) is 3.32. The Morgan fingerprint density at radius 2 is 2.33 bits per heavy atom. The minimum Gasteiger partial charge on any atom is -0.314 e. The molecule has 0 atom stereocenters. The van der Waals surface area contributed by atoms with Crippen molar-refractivity contribution in [3.63, 3.8) is 0 Å². The van der Waals surface area contributed by atoms with Crippen LogP contribution in [0.5, 0.6) is 0 Å². The summed E-state index contributed by atoms with van der Waals surface area (Å²) in [6.45, 7) is 0.770. The summed E-state index contributed by atoms with van der Waals surface area (Å²) in [5, 5.41) is 7.29. The zero-order valence-corrected chi connectivity index (χ0v) is 10.5. The first-order chi connectivity index (χ1) is 7.29. The van der Waals surface area contributed by atoms with Gasteiger partial charge >= 0.3 is 0 Å². The monoisotopic (exact) mass is 314 g/mol. The van der Waals surface area contributed by atoms with Gasteiger partial charge in [0.05, 0.1) is 15.5 Å². The largest absolute Gasteiger partial charge is 0.314 e. The van der Waals surface area contributed by atoms with Gasteiger partial charge in [-0.15, -0.1) is 0 Å². The van der Waals surface area contributed by atoms with Crippen LogP contribution in [-0.4, -0.2) is 21.8 Å². The summed E-state index contributed by atoms with van der Waals surface area (Å²) in [6, 6.07) is 5.93. The minimum absolute atomic E-state index is 0.770. The van der Waals surface area contributed by atoms with Crippen LogP contribution in [0, 0.1) is 3.57 Å². The topological polar surface area (TPSA) is 42.7 Å². The third-order valence-corrected chi connectivity index (χ3v) is 2.49. The van der Waals surface area contributed by atoms with Crippen LogP contribution in [0.15, 0.2) is 30.6 Å². The van der Waals surface area contributed by atoms with Crippen molar-refractivity contribution in [2.75, 3.05) is 7.05 Å². The molecule has 4 nitrogen and oxygen atoms in total. The van der Waals surface area contributed by atoms with Gasteiger partial charge in [-0.1, -0.05) is 6.07 Å². The van der Waals surface area contributed by atoms with Crippen LogP contribution in [0.1, 0.15) is 5.69 Å². The average Bonchev–Trinajstić information content (AvgIpc) is 2.66. The molecular weight excluding hydrogens is 303 g/mol. The van der Waals surface area contributed by atoms with Crippen LogP contribution in [0.2, 0.25) is 0 Å². The summed E-state index contributed by atoms with van der Waals surface area (Å²) in [5.41, 5.74) is 1.01. The Hall–Kier alpha value is -0.950. The number of rotatable bonds is 3. The third kappa shape index (κ3) is 2.54. The maximum Gasteiger partial charge on any atom is 0.153 e. The van der Waals surface area contributed by atoms with Gasteiger partial charge in [0.1, 0.15) is 0 Å². The van der Waals surface area contributed by atoms with Crippen molar-refractivity contribution >= 4 is 22.6 Å². The maximum absolute atomic E-state index is 4.48. The number of nitrogens with zero attached hydrogens (tertiary/aromatic N) is 3. The summed E-state index contributed by atoms with van der Waals surface area (Å²) in [5.74, 6) is 0.852. The SMILES string of the molecule is CNCc1cccc(-n2cc(I)cn2)n1. The fraction of sp³-hybridized carbons (Fsp3) is 0.200. The number of pyridine rings is 1. The van der Waals surface area contributed by atoms with Gasteiger partial charge in [-0.2, -0.15) is 5.10 Å². The van der Waals surface area contributed by atoms with Gasteiger partial charge in [0.25, 0.3) is 0 Å². The van der Waals surface area contributed by atoms with Crippen LogP contribution in [0.4, 0.5) is 0 Å². The second-order valence-electron chi connectivity index (χ2n) is 3.12. The number of hydrogen-bond donors (Lipinski definition) is 1. The Balaban J connectivity index is 2.32. The van der Waals surface area contributed by atoms with Crippen LogP contribution < -0.4 is 5.32 Å². The van der Waals surface area contributed by atoms with Crippen molar-refractivity contribution in [3.05, 3.63) is 39.9 Å². The molecule has 78 valence electrons. The van der Waals surface area contributed by atoms with E-state index in [0.29, 0.717) is 0 Å². The molecule has 2 rings (SSSR count). The number of nitrogens with one attached hydrogen (secondary N) is 1. The lowest BCUT2D eigenvalue weighted by molar-refractivity contribution is 0.770. The van der Waals surface area contributed by atoms with Crippen molar-refractivity contribution in [2.45, 2.75) is 6.54 Å². The lowest BCUT2D eigenvalue weighted by atomic mass is 10.3. The summed E-state index contributed by atoms with van der Waals surface area (Å²) < 4.78 is 2.88. The van der Waals surface area contributed by atoms with Crippen LogP contribution >= 0.6 is 22.6 Å². The second kappa shape index (κ2) is 4.71. The Morgan fingerprint density at radius 3 is 3.00 bits per heavy atom. The molecular formula is C10H11IN4. The first-order valence-corrected chi connectivity index (χ1v) is 5.68. The molecule has 5 heteroatoms. The molecule has 0 aliphatic carbocycles. The van der Waals surface area contributed by atoms with E-state index in [1.165, 1.54) is 0 Å². The zero-order valence-electron chi connectivity index (χ0n) is 8.31. The highest BCUT2D eigenvalue weighted by molar-refractivity contribution is 14.1. The van der Waals surface area contributed by atoms with Gasteiger partial charge in [-0.25, -0.2) is 9.67 Å². The van der Waals surface area contributed by atoms with Gasteiger partial charge in [0.15, 0.2) is 5.82 Å². The number of hydrogen-bond acceptors (Lipinski definition) is 3. The molecule has 2 aromatic rings. The summed E-state index contributed by atoms with van der Waals surface area (Å²) in [4.78, 5) is 4.48. The fourth-order valence-corrected chi connectivity index (χ4v) is 1.69. The second-order valence-corrected chi connectivity index (χ2v) is 4.37. The highest BCUT2D eigenvalue weighted by Crippen LogP contribution is 2.08. The summed E-state index contributed by atoms with van der Waals surface area (Å²) in [7, 11) is 1.91. The van der Waals surface area contributed by atoms with Crippen LogP contribution in [-0.2, 0) is 6.54 Å². The molecule has 0 aromatic carbocycles. The Bertz CT molecular complexity index is 452. The predicted octanol–water partition coefficient (Wildman–Crippen LogP) is 1.59. The van der Waals surface area contributed by atoms with Crippen molar-refractivity contribution in [1.82, 2.24) is 20.1 Å². The molecule has 2 aromatic heterocycles. The summed E-state index contributed by atoms with van der Waals surface area (Å²) in [6.07, 6.45) is 3.76. The zero-order chi connectivity index (χ0) is 10.7. The van der Waals surface area contributed by atoms with E-state index in [-0.39, 0.29) is 0 Å². The first-order valence-electron chi connectivity index (χ1n) is 4.60. The lowest BCUT2D eigenvalue weighted by Crippen LogP contribution is -2.08. The molecule has 0 aliphatic rings. The van der Waals surface area contributed by atoms with E-state index in [1.54, 1.807) is 4.68 Å². The Labute approximate surface area is 102 Å². The Morgan fingerprint density at radius 1 is 1.47 bits per heavy atom.